The molecule has 3 aromatic carbocycles. The molecule has 0 atom stereocenters. The van der Waals surface area contributed by atoms with Gasteiger partial charge in [-0.25, -0.2) is 9.97 Å². The predicted molar refractivity (Wildman–Crippen MR) is 130 cm³/mol. The Morgan fingerprint density at radius 1 is 0.853 bits per heavy atom. The molecule has 0 aliphatic rings. The van der Waals surface area contributed by atoms with E-state index in [4.69, 9.17) is 9.47 Å². The molecule has 0 saturated heterocycles. The number of nitrogens with one attached hydrogen (secondary N) is 2. The monoisotopic (exact) mass is 458 g/mol. The lowest BCUT2D eigenvalue weighted by molar-refractivity contribution is -0.383. The number of aromatic nitrogens is 2. The number of rotatable bonds is 9. The third-order valence-electron chi connectivity index (χ3n) is 4.91. The third-order valence-corrected chi connectivity index (χ3v) is 4.91. The summed E-state index contributed by atoms with van der Waals surface area (Å²) < 4.78 is 10.6. The Morgan fingerprint density at radius 2 is 1.47 bits per heavy atom. The number of ether oxygens (including phenoxy) is 2. The highest BCUT2D eigenvalue weighted by molar-refractivity contribution is 5.79. The van der Waals surface area contributed by atoms with Crippen LogP contribution in [0.2, 0.25) is 0 Å². The van der Waals surface area contributed by atoms with Crippen molar-refractivity contribution in [2.75, 3.05) is 30.0 Å². The van der Waals surface area contributed by atoms with E-state index in [0.29, 0.717) is 17.2 Å². The van der Waals surface area contributed by atoms with Crippen molar-refractivity contribution in [3.63, 3.8) is 0 Å². The van der Waals surface area contributed by atoms with E-state index in [1.807, 2.05) is 60.7 Å². The van der Waals surface area contributed by atoms with Gasteiger partial charge in [0.15, 0.2) is 0 Å². The molecule has 1 heterocycles. The second-order valence-electron chi connectivity index (χ2n) is 6.99. The van der Waals surface area contributed by atoms with Gasteiger partial charge in [-0.3, -0.25) is 20.5 Å². The van der Waals surface area contributed by atoms with Crippen molar-refractivity contribution in [3.05, 3.63) is 95.3 Å². The van der Waals surface area contributed by atoms with Crippen LogP contribution in [0, 0.1) is 10.1 Å². The fourth-order valence-electron chi connectivity index (χ4n) is 3.30. The smallest absolute Gasteiger partial charge is 0.355 e. The van der Waals surface area contributed by atoms with Crippen LogP contribution in [-0.2, 0) is 0 Å². The molecule has 4 aromatic rings. The van der Waals surface area contributed by atoms with E-state index >= 15 is 0 Å². The van der Waals surface area contributed by atoms with E-state index < -0.39 is 4.92 Å². The first kappa shape index (κ1) is 22.3. The maximum atomic E-state index is 12.1. The Morgan fingerprint density at radius 3 is 2.03 bits per heavy atom. The zero-order valence-electron chi connectivity index (χ0n) is 18.5. The number of hydrazine groups is 1. The second kappa shape index (κ2) is 10.2. The molecule has 0 spiro atoms. The van der Waals surface area contributed by atoms with E-state index in [9.17, 15) is 10.1 Å². The maximum Gasteiger partial charge on any atom is 0.355 e. The molecule has 0 amide bonds. The van der Waals surface area contributed by atoms with Crippen molar-refractivity contribution < 1.29 is 14.4 Å². The number of anilines is 5. The van der Waals surface area contributed by atoms with Crippen LogP contribution in [0.1, 0.15) is 0 Å². The van der Waals surface area contributed by atoms with E-state index in [1.54, 1.807) is 23.2 Å². The van der Waals surface area contributed by atoms with Crippen LogP contribution in [0.15, 0.2) is 85.2 Å². The zero-order chi connectivity index (χ0) is 23.9. The number of hydrogen-bond donors (Lipinski definition) is 2. The minimum atomic E-state index is -0.536. The van der Waals surface area contributed by atoms with Crippen molar-refractivity contribution in [1.29, 1.82) is 0 Å². The molecule has 0 aliphatic carbocycles. The highest BCUT2D eigenvalue weighted by Gasteiger charge is 2.26. The molecule has 0 aliphatic heterocycles. The summed E-state index contributed by atoms with van der Waals surface area (Å²) in [4.78, 5) is 19.9. The first-order valence-electron chi connectivity index (χ1n) is 10.3. The average Bonchev–Trinajstić information content (AvgIpc) is 2.88. The van der Waals surface area contributed by atoms with Gasteiger partial charge in [0, 0.05) is 6.07 Å². The summed E-state index contributed by atoms with van der Waals surface area (Å²) in [5, 5.41) is 16.8. The van der Waals surface area contributed by atoms with E-state index in [1.165, 1.54) is 20.5 Å². The number of nitro groups is 1. The first-order valence-corrected chi connectivity index (χ1v) is 10.3. The van der Waals surface area contributed by atoms with Crippen LogP contribution in [-0.4, -0.2) is 29.1 Å². The molecule has 0 unspecified atom stereocenters. The van der Waals surface area contributed by atoms with Gasteiger partial charge in [-0.1, -0.05) is 36.4 Å². The van der Waals surface area contributed by atoms with Gasteiger partial charge in [-0.05, 0) is 36.4 Å². The molecule has 10 heteroatoms. The molecular weight excluding hydrogens is 436 g/mol. The minimum absolute atomic E-state index is 0.00451. The molecule has 0 bridgehead atoms. The molecule has 1 aromatic heterocycles. The van der Waals surface area contributed by atoms with Gasteiger partial charge < -0.3 is 14.8 Å². The van der Waals surface area contributed by atoms with Crippen LogP contribution < -0.4 is 25.2 Å². The van der Waals surface area contributed by atoms with Gasteiger partial charge in [-0.2, -0.15) is 0 Å². The first-order chi connectivity index (χ1) is 16.6. The van der Waals surface area contributed by atoms with Crippen molar-refractivity contribution in [2.45, 2.75) is 0 Å². The summed E-state index contributed by atoms with van der Waals surface area (Å²) in [5.41, 5.74) is 4.75. The van der Waals surface area contributed by atoms with Gasteiger partial charge >= 0.3 is 5.69 Å². The summed E-state index contributed by atoms with van der Waals surface area (Å²) in [6, 6.07) is 23.9. The fraction of sp³-hybridized carbons (Fsp3) is 0.0833. The van der Waals surface area contributed by atoms with E-state index in [-0.39, 0.29) is 17.3 Å². The third kappa shape index (κ3) is 4.80. The molecule has 172 valence electrons. The van der Waals surface area contributed by atoms with Gasteiger partial charge in [0.25, 0.3) is 0 Å². The van der Waals surface area contributed by atoms with Crippen LogP contribution in [0.4, 0.5) is 34.4 Å². The highest BCUT2D eigenvalue weighted by atomic mass is 16.6. The molecule has 0 fully saturated rings. The Hall–Kier alpha value is -4.86. The predicted octanol–water partition coefficient (Wildman–Crippen LogP) is 5.31. The van der Waals surface area contributed by atoms with Crippen molar-refractivity contribution >= 4 is 34.4 Å². The Kier molecular flexibility index (Phi) is 6.68. The molecule has 2 N–H and O–H groups in total. The summed E-state index contributed by atoms with van der Waals surface area (Å²) in [7, 11) is 3.04. The Balaban J connectivity index is 1.76. The Labute approximate surface area is 195 Å². The second-order valence-corrected chi connectivity index (χ2v) is 6.99. The largest absolute Gasteiger partial charge is 0.497 e. The van der Waals surface area contributed by atoms with Gasteiger partial charge in [0.1, 0.15) is 17.8 Å². The summed E-state index contributed by atoms with van der Waals surface area (Å²) >= 11 is 0. The number of nitrogens with zero attached hydrogens (tertiary/aromatic N) is 4. The summed E-state index contributed by atoms with van der Waals surface area (Å²) in [5.74, 6) is 1.03. The number of benzene rings is 3. The van der Waals surface area contributed by atoms with Crippen LogP contribution in [0.3, 0.4) is 0 Å². The van der Waals surface area contributed by atoms with Crippen molar-refractivity contribution in [1.82, 2.24) is 9.97 Å². The van der Waals surface area contributed by atoms with E-state index in [0.717, 1.165) is 11.4 Å². The zero-order valence-corrected chi connectivity index (χ0v) is 18.5. The molecular formula is C24H22N6O4. The van der Waals surface area contributed by atoms with Crippen molar-refractivity contribution in [3.8, 4) is 11.5 Å². The van der Waals surface area contributed by atoms with Gasteiger partial charge in [0.2, 0.25) is 11.6 Å². The lowest BCUT2D eigenvalue weighted by atomic mass is 10.2. The summed E-state index contributed by atoms with van der Waals surface area (Å²) in [6.07, 6.45) is 1.25. The molecule has 0 saturated carbocycles. The van der Waals surface area contributed by atoms with Crippen LogP contribution >= 0.6 is 0 Å². The van der Waals surface area contributed by atoms with Gasteiger partial charge in [0.05, 0.1) is 36.2 Å². The lowest BCUT2D eigenvalue weighted by Gasteiger charge is -2.26. The normalized spacial score (nSPS) is 10.3. The average molecular weight is 458 g/mol. The Bertz CT molecular complexity index is 1230. The van der Waals surface area contributed by atoms with Gasteiger partial charge in [-0.15, -0.1) is 0 Å². The molecule has 4 rings (SSSR count). The van der Waals surface area contributed by atoms with Crippen LogP contribution in [0.25, 0.3) is 0 Å². The summed E-state index contributed by atoms with van der Waals surface area (Å²) in [6.45, 7) is 0. The minimum Gasteiger partial charge on any atom is -0.497 e. The molecule has 0 radical (unpaired) electrons. The highest BCUT2D eigenvalue weighted by Crippen LogP contribution is 2.37. The quantitative estimate of drug-likeness (QED) is 0.254. The van der Waals surface area contributed by atoms with E-state index in [2.05, 4.69) is 20.7 Å². The number of para-hydroxylation sites is 2. The maximum absolute atomic E-state index is 12.1. The number of methoxy groups -OCH3 is 2. The number of hydrogen-bond acceptors (Lipinski definition) is 9. The standard InChI is InChI=1S/C24H22N6O4/c1-33-19-13-14-21(34-2)20(15-19)27-23-22(30(31)32)24(26-16-25-23)28-29(17-9-5-3-6-10-17)18-11-7-4-8-12-18/h3-16H,1-2H3,(H2,25,26,27,28). The topological polar surface area (TPSA) is 115 Å². The molecule has 34 heavy (non-hydrogen) atoms. The SMILES string of the molecule is COc1ccc(OC)c(Nc2ncnc(NN(c3ccccc3)c3ccccc3)c2[N+](=O)[O-])c1. The van der Waals surface area contributed by atoms with Crippen LogP contribution in [0.5, 0.6) is 11.5 Å². The lowest BCUT2D eigenvalue weighted by Crippen LogP contribution is -2.26. The van der Waals surface area contributed by atoms with Crippen molar-refractivity contribution in [2.24, 2.45) is 0 Å². The molecule has 10 nitrogen and oxygen atoms in total. The fourth-order valence-corrected chi connectivity index (χ4v) is 3.30.